The summed E-state index contributed by atoms with van der Waals surface area (Å²) < 4.78 is 45.0. The monoisotopic (exact) mass is 472 g/mol. The Balaban J connectivity index is 1.84. The van der Waals surface area contributed by atoms with Gasteiger partial charge in [0.2, 0.25) is 16.0 Å². The lowest BCUT2D eigenvalue weighted by molar-refractivity contribution is 0.182. The molecule has 0 aliphatic carbocycles. The number of furan rings is 1. The number of halogens is 1. The van der Waals surface area contributed by atoms with Crippen LogP contribution in [0.5, 0.6) is 0 Å². The van der Waals surface area contributed by atoms with Gasteiger partial charge >= 0.3 is 0 Å². The fraction of sp³-hybridized carbons (Fsp3) is 0.450. The van der Waals surface area contributed by atoms with Gasteiger partial charge in [0.05, 0.1) is 25.1 Å². The van der Waals surface area contributed by atoms with Crippen molar-refractivity contribution in [1.29, 1.82) is 0 Å². The van der Waals surface area contributed by atoms with Gasteiger partial charge in [0, 0.05) is 17.9 Å². The number of guanidine groups is 1. The number of thioether (sulfide) groups is 1. The number of rotatable bonds is 11. The molecule has 8 nitrogen and oxygen atoms in total. The van der Waals surface area contributed by atoms with E-state index < -0.39 is 21.9 Å². The zero-order valence-electron chi connectivity index (χ0n) is 17.8. The highest BCUT2D eigenvalue weighted by Crippen LogP contribution is 2.17. The Morgan fingerprint density at radius 2 is 1.97 bits per heavy atom. The molecule has 2 aromatic rings. The third-order valence-corrected chi connectivity index (χ3v) is 5.49. The molecule has 1 aromatic carbocycles. The van der Waals surface area contributed by atoms with Crippen molar-refractivity contribution < 1.29 is 22.3 Å². The van der Waals surface area contributed by atoms with Gasteiger partial charge in [-0.2, -0.15) is 11.8 Å². The average molecular weight is 473 g/mol. The van der Waals surface area contributed by atoms with Crippen LogP contribution in [0, 0.1) is 5.82 Å². The predicted octanol–water partition coefficient (Wildman–Crippen LogP) is 1.94. The summed E-state index contributed by atoms with van der Waals surface area (Å²) in [6, 6.07) is 9.74. The SMILES string of the molecule is CN(C)Cc1ccc(CSCCNC(=NCC(O)c2ccccc2F)NS(C)(=O)=O)o1. The van der Waals surface area contributed by atoms with Gasteiger partial charge in [-0.05, 0) is 32.3 Å². The van der Waals surface area contributed by atoms with E-state index in [2.05, 4.69) is 15.0 Å². The standard InChI is InChI=1S/C20H29FN4O4S2/c1-25(2)13-15-8-9-16(29-15)14-30-11-10-22-20(24-31(3,27)28)23-12-19(26)17-6-4-5-7-18(17)21/h4-9,19,26H,10-14H2,1-3H3,(H2,22,23,24). The number of aliphatic imine (C=N–C) groups is 1. The molecule has 1 heterocycles. The molecule has 1 atom stereocenters. The highest BCUT2D eigenvalue weighted by molar-refractivity contribution is 7.98. The fourth-order valence-corrected chi connectivity index (χ4v) is 3.87. The minimum atomic E-state index is -3.56. The van der Waals surface area contributed by atoms with Crippen molar-refractivity contribution >= 4 is 27.7 Å². The summed E-state index contributed by atoms with van der Waals surface area (Å²) in [6.07, 6.45) is -0.182. The van der Waals surface area contributed by atoms with E-state index in [9.17, 15) is 17.9 Å². The van der Waals surface area contributed by atoms with Gasteiger partial charge in [0.25, 0.3) is 0 Å². The number of nitrogens with zero attached hydrogens (tertiary/aromatic N) is 2. The topological polar surface area (TPSA) is 107 Å². The zero-order chi connectivity index (χ0) is 22.9. The molecule has 0 bridgehead atoms. The van der Waals surface area contributed by atoms with E-state index in [-0.39, 0.29) is 18.1 Å². The van der Waals surface area contributed by atoms with Gasteiger partial charge < -0.3 is 19.7 Å². The molecule has 31 heavy (non-hydrogen) atoms. The van der Waals surface area contributed by atoms with Crippen LogP contribution in [0.25, 0.3) is 0 Å². The Morgan fingerprint density at radius 1 is 1.26 bits per heavy atom. The van der Waals surface area contributed by atoms with Crippen LogP contribution in [0.3, 0.4) is 0 Å². The molecule has 1 unspecified atom stereocenters. The lowest BCUT2D eigenvalue weighted by Gasteiger charge is -2.13. The van der Waals surface area contributed by atoms with Crippen LogP contribution in [0.1, 0.15) is 23.2 Å². The second kappa shape index (κ2) is 12.1. The molecule has 0 saturated heterocycles. The van der Waals surface area contributed by atoms with Crippen molar-refractivity contribution in [2.45, 2.75) is 18.4 Å². The molecule has 0 saturated carbocycles. The average Bonchev–Trinajstić information content (AvgIpc) is 3.11. The summed E-state index contributed by atoms with van der Waals surface area (Å²) >= 11 is 1.62. The third-order valence-electron chi connectivity index (χ3n) is 3.94. The minimum absolute atomic E-state index is 0.00440. The molecule has 0 radical (unpaired) electrons. The summed E-state index contributed by atoms with van der Waals surface area (Å²) in [7, 11) is 0.386. The van der Waals surface area contributed by atoms with Gasteiger partial charge in [-0.3, -0.25) is 4.72 Å². The number of hydrogen-bond donors (Lipinski definition) is 3. The van der Waals surface area contributed by atoms with Crippen LogP contribution >= 0.6 is 11.8 Å². The lowest BCUT2D eigenvalue weighted by Crippen LogP contribution is -2.41. The van der Waals surface area contributed by atoms with Crippen LogP contribution in [-0.2, 0) is 22.3 Å². The summed E-state index contributed by atoms with van der Waals surface area (Å²) in [4.78, 5) is 6.11. The Labute approximate surface area is 187 Å². The maximum atomic E-state index is 13.8. The van der Waals surface area contributed by atoms with Crippen molar-refractivity contribution in [1.82, 2.24) is 14.9 Å². The van der Waals surface area contributed by atoms with Crippen LogP contribution in [0.4, 0.5) is 4.39 Å². The maximum absolute atomic E-state index is 13.8. The molecular formula is C20H29FN4O4S2. The van der Waals surface area contributed by atoms with Gasteiger partial charge in [0.1, 0.15) is 23.4 Å². The predicted molar refractivity (Wildman–Crippen MR) is 122 cm³/mol. The van der Waals surface area contributed by atoms with Crippen molar-refractivity contribution in [3.63, 3.8) is 0 Å². The molecule has 0 amide bonds. The van der Waals surface area contributed by atoms with Crippen molar-refractivity contribution in [2.75, 3.05) is 39.2 Å². The molecule has 3 N–H and O–H groups in total. The van der Waals surface area contributed by atoms with E-state index >= 15 is 0 Å². The van der Waals surface area contributed by atoms with Crippen LogP contribution in [0.15, 0.2) is 45.8 Å². The molecular weight excluding hydrogens is 443 g/mol. The highest BCUT2D eigenvalue weighted by atomic mass is 32.2. The van der Waals surface area contributed by atoms with E-state index in [1.165, 1.54) is 18.2 Å². The second-order valence-electron chi connectivity index (χ2n) is 7.19. The summed E-state index contributed by atoms with van der Waals surface area (Å²) in [5.74, 6) is 2.59. The molecule has 1 aromatic heterocycles. The first kappa shape index (κ1) is 25.2. The highest BCUT2D eigenvalue weighted by Gasteiger charge is 2.13. The molecule has 172 valence electrons. The van der Waals surface area contributed by atoms with Crippen LogP contribution in [0.2, 0.25) is 0 Å². The number of hydrogen-bond acceptors (Lipinski definition) is 7. The van der Waals surface area contributed by atoms with Crippen molar-refractivity contribution in [3.05, 3.63) is 59.3 Å². The van der Waals surface area contributed by atoms with Crippen LogP contribution in [-0.4, -0.2) is 63.6 Å². The van der Waals surface area contributed by atoms with E-state index in [4.69, 9.17) is 4.42 Å². The Hall–Kier alpha value is -2.08. The quantitative estimate of drug-likeness (QED) is 0.261. The number of aliphatic hydroxyl groups is 1. The smallest absolute Gasteiger partial charge is 0.232 e. The zero-order valence-corrected chi connectivity index (χ0v) is 19.5. The van der Waals surface area contributed by atoms with Crippen molar-refractivity contribution in [3.8, 4) is 0 Å². The minimum Gasteiger partial charge on any atom is -0.464 e. The summed E-state index contributed by atoms with van der Waals surface area (Å²) in [5, 5.41) is 13.1. The fourth-order valence-electron chi connectivity index (χ4n) is 2.63. The number of benzene rings is 1. The molecule has 0 aliphatic heterocycles. The van der Waals surface area contributed by atoms with Gasteiger partial charge in [-0.1, -0.05) is 18.2 Å². The third kappa shape index (κ3) is 9.72. The first-order valence-electron chi connectivity index (χ1n) is 9.62. The number of aliphatic hydroxyl groups excluding tert-OH is 1. The van der Waals surface area contributed by atoms with E-state index in [0.29, 0.717) is 18.1 Å². The number of sulfonamides is 1. The maximum Gasteiger partial charge on any atom is 0.232 e. The van der Waals surface area contributed by atoms with E-state index in [1.807, 2.05) is 31.1 Å². The molecule has 0 aliphatic rings. The molecule has 2 rings (SSSR count). The molecule has 0 spiro atoms. The summed E-state index contributed by atoms with van der Waals surface area (Å²) in [5.41, 5.74) is 0.104. The second-order valence-corrected chi connectivity index (χ2v) is 10.0. The van der Waals surface area contributed by atoms with E-state index in [1.54, 1.807) is 17.8 Å². The van der Waals surface area contributed by atoms with Crippen LogP contribution < -0.4 is 10.0 Å². The van der Waals surface area contributed by atoms with Gasteiger partial charge in [-0.25, -0.2) is 17.8 Å². The Kier molecular flexibility index (Phi) is 9.82. The Morgan fingerprint density at radius 3 is 2.65 bits per heavy atom. The normalized spacial score (nSPS) is 13.4. The van der Waals surface area contributed by atoms with Crippen molar-refractivity contribution in [2.24, 2.45) is 4.99 Å². The Bertz CT molecular complexity index is 964. The lowest BCUT2D eigenvalue weighted by atomic mass is 10.1. The van der Waals surface area contributed by atoms with Gasteiger partial charge in [-0.15, -0.1) is 0 Å². The van der Waals surface area contributed by atoms with Gasteiger partial charge in [0.15, 0.2) is 0 Å². The first-order chi connectivity index (χ1) is 14.6. The summed E-state index contributed by atoms with van der Waals surface area (Å²) in [6.45, 7) is 0.981. The largest absolute Gasteiger partial charge is 0.464 e. The molecule has 0 fully saturated rings. The van der Waals surface area contributed by atoms with E-state index in [0.717, 1.165) is 24.3 Å². The molecule has 11 heteroatoms. The first-order valence-corrected chi connectivity index (χ1v) is 12.7. The number of nitrogens with one attached hydrogen (secondary N) is 2.